The van der Waals surface area contributed by atoms with Crippen molar-refractivity contribution in [3.8, 4) is 0 Å². The van der Waals surface area contributed by atoms with Gasteiger partial charge in [-0.15, -0.1) is 0 Å². The van der Waals surface area contributed by atoms with Crippen molar-refractivity contribution in [3.63, 3.8) is 0 Å². The van der Waals surface area contributed by atoms with Crippen LogP contribution in [-0.2, 0) is 4.74 Å². The van der Waals surface area contributed by atoms with Gasteiger partial charge in [0, 0.05) is 32.7 Å². The van der Waals surface area contributed by atoms with Gasteiger partial charge in [-0.1, -0.05) is 13.8 Å². The Kier molecular flexibility index (Phi) is 8.75. The van der Waals surface area contributed by atoms with Gasteiger partial charge in [0.15, 0.2) is 0 Å². The Morgan fingerprint density at radius 3 is 2.42 bits per heavy atom. The smallest absolute Gasteiger partial charge is 0.388 e. The molecule has 0 heterocycles. The lowest BCUT2D eigenvalue weighted by Crippen LogP contribution is -2.32. The predicted molar refractivity (Wildman–Crippen MR) is 69.3 cm³/mol. The van der Waals surface area contributed by atoms with Crippen molar-refractivity contribution in [2.45, 2.75) is 32.9 Å². The molecule has 19 heavy (non-hydrogen) atoms. The van der Waals surface area contributed by atoms with E-state index < -0.39 is 12.8 Å². The highest BCUT2D eigenvalue weighted by atomic mass is 19.4. The summed E-state index contributed by atoms with van der Waals surface area (Å²) in [5.74, 6) is 0.588. The third-order valence-corrected chi connectivity index (χ3v) is 2.35. The second-order valence-corrected chi connectivity index (χ2v) is 4.99. The molecule has 0 saturated heterocycles. The molecule has 0 atom stereocenters. The van der Waals surface area contributed by atoms with Crippen LogP contribution in [0.4, 0.5) is 13.2 Å². The van der Waals surface area contributed by atoms with Gasteiger partial charge in [0.25, 0.3) is 0 Å². The second-order valence-electron chi connectivity index (χ2n) is 4.99. The fourth-order valence-electron chi connectivity index (χ4n) is 1.67. The van der Waals surface area contributed by atoms with Crippen molar-refractivity contribution >= 4 is 5.84 Å². The molecule has 0 spiro atoms. The number of hydrogen-bond donors (Lipinski definition) is 2. The van der Waals surface area contributed by atoms with E-state index in [0.29, 0.717) is 31.8 Å². The molecule has 7 heteroatoms. The summed E-state index contributed by atoms with van der Waals surface area (Å²) in [6.45, 7) is 5.20. The van der Waals surface area contributed by atoms with Crippen LogP contribution in [-0.4, -0.2) is 49.8 Å². The number of nitrogens with one attached hydrogen (secondary N) is 1. The van der Waals surface area contributed by atoms with E-state index in [4.69, 9.17) is 11.1 Å². The zero-order chi connectivity index (χ0) is 14.9. The van der Waals surface area contributed by atoms with Crippen LogP contribution in [0.5, 0.6) is 0 Å². The lowest BCUT2D eigenvalue weighted by atomic mass is 10.2. The Morgan fingerprint density at radius 1 is 1.32 bits per heavy atom. The van der Waals surface area contributed by atoms with Crippen LogP contribution in [0.1, 0.15) is 26.7 Å². The normalized spacial score (nSPS) is 12.4. The molecule has 0 unspecified atom stereocenters. The first-order chi connectivity index (χ1) is 8.70. The van der Waals surface area contributed by atoms with Crippen molar-refractivity contribution in [3.05, 3.63) is 0 Å². The van der Waals surface area contributed by atoms with Gasteiger partial charge < -0.3 is 15.4 Å². The summed E-state index contributed by atoms with van der Waals surface area (Å²) >= 11 is 0. The minimum Gasteiger partial charge on any atom is -0.388 e. The summed E-state index contributed by atoms with van der Waals surface area (Å²) in [6.07, 6.45) is -3.23. The maximum absolute atomic E-state index is 11.9. The Hall–Kier alpha value is -0.820. The number of nitrogens with two attached hydrogens (primary N) is 1. The number of ether oxygens (including phenoxy) is 1. The quantitative estimate of drug-likeness (QED) is 0.367. The third-order valence-electron chi connectivity index (χ3n) is 2.35. The fourth-order valence-corrected chi connectivity index (χ4v) is 1.67. The third kappa shape index (κ3) is 13.4. The molecule has 0 fully saturated rings. The molecule has 0 aromatic rings. The van der Waals surface area contributed by atoms with Crippen LogP contribution in [0.2, 0.25) is 0 Å². The van der Waals surface area contributed by atoms with E-state index in [0.717, 1.165) is 6.54 Å². The number of nitrogens with zero attached hydrogens (tertiary/aromatic N) is 1. The molecule has 0 aromatic carbocycles. The van der Waals surface area contributed by atoms with Gasteiger partial charge in [-0.25, -0.2) is 0 Å². The number of halogens is 3. The lowest BCUT2D eigenvalue weighted by molar-refractivity contribution is -0.174. The molecule has 3 N–H and O–H groups in total. The zero-order valence-electron chi connectivity index (χ0n) is 11.6. The summed E-state index contributed by atoms with van der Waals surface area (Å²) in [5, 5.41) is 7.18. The Bertz CT molecular complexity index is 257. The van der Waals surface area contributed by atoms with Crippen molar-refractivity contribution in [2.75, 3.05) is 32.8 Å². The summed E-state index contributed by atoms with van der Waals surface area (Å²) in [4.78, 5) is 2.10. The Balaban J connectivity index is 3.82. The van der Waals surface area contributed by atoms with Crippen LogP contribution in [0, 0.1) is 11.3 Å². The average Bonchev–Trinajstić information content (AvgIpc) is 2.22. The van der Waals surface area contributed by atoms with Crippen LogP contribution in [0.15, 0.2) is 0 Å². The molecular formula is C12H24F3N3O. The molecule has 0 aliphatic carbocycles. The zero-order valence-corrected chi connectivity index (χ0v) is 11.6. The van der Waals surface area contributed by atoms with Crippen LogP contribution >= 0.6 is 0 Å². The molecule has 0 aromatic heterocycles. The van der Waals surface area contributed by atoms with Gasteiger partial charge in [0.05, 0.1) is 5.84 Å². The van der Waals surface area contributed by atoms with Crippen LogP contribution in [0.25, 0.3) is 0 Å². The molecule has 4 nitrogen and oxygen atoms in total. The van der Waals surface area contributed by atoms with Gasteiger partial charge >= 0.3 is 6.18 Å². The Labute approximate surface area is 112 Å². The van der Waals surface area contributed by atoms with E-state index in [2.05, 4.69) is 23.5 Å². The van der Waals surface area contributed by atoms with Gasteiger partial charge in [0.2, 0.25) is 0 Å². The van der Waals surface area contributed by atoms with E-state index in [1.807, 2.05) is 0 Å². The number of rotatable bonds is 10. The Morgan fingerprint density at radius 2 is 1.95 bits per heavy atom. The first kappa shape index (κ1) is 18.2. The molecule has 0 aliphatic heterocycles. The van der Waals surface area contributed by atoms with E-state index in [1.54, 1.807) is 0 Å². The molecule has 0 saturated carbocycles. The number of hydrogen-bond acceptors (Lipinski definition) is 3. The van der Waals surface area contributed by atoms with Crippen molar-refractivity contribution < 1.29 is 17.9 Å². The monoisotopic (exact) mass is 283 g/mol. The standard InChI is InChI=1S/C12H24F3N3O/c1-10(2)8-18(6-4-11(16)17)5-3-7-19-9-12(13,14)15/h10H,3-9H2,1-2H3,(H3,16,17). The highest BCUT2D eigenvalue weighted by Crippen LogP contribution is 2.14. The van der Waals surface area contributed by atoms with Crippen LogP contribution in [0.3, 0.4) is 0 Å². The molecule has 0 radical (unpaired) electrons. The minimum atomic E-state index is -4.26. The topological polar surface area (TPSA) is 62.3 Å². The molecule has 0 bridgehead atoms. The highest BCUT2D eigenvalue weighted by molar-refractivity contribution is 5.76. The molecular weight excluding hydrogens is 259 g/mol. The number of amidine groups is 1. The first-order valence-electron chi connectivity index (χ1n) is 6.40. The van der Waals surface area contributed by atoms with E-state index >= 15 is 0 Å². The summed E-state index contributed by atoms with van der Waals surface area (Å²) < 4.78 is 40.1. The molecule has 0 amide bonds. The van der Waals surface area contributed by atoms with E-state index in [-0.39, 0.29) is 12.4 Å². The van der Waals surface area contributed by atoms with Gasteiger partial charge in [-0.3, -0.25) is 5.41 Å². The number of alkyl halides is 3. The van der Waals surface area contributed by atoms with Gasteiger partial charge in [-0.2, -0.15) is 13.2 Å². The average molecular weight is 283 g/mol. The largest absolute Gasteiger partial charge is 0.411 e. The summed E-state index contributed by atoms with van der Waals surface area (Å²) in [6, 6.07) is 0. The maximum Gasteiger partial charge on any atom is 0.411 e. The summed E-state index contributed by atoms with van der Waals surface area (Å²) in [5.41, 5.74) is 5.30. The van der Waals surface area contributed by atoms with E-state index in [9.17, 15) is 13.2 Å². The molecule has 0 aliphatic rings. The second kappa shape index (κ2) is 9.14. The molecule has 114 valence electrons. The SMILES string of the molecule is CC(C)CN(CCCOCC(F)(F)F)CCC(=N)N. The van der Waals surface area contributed by atoms with Gasteiger partial charge in [0.1, 0.15) is 6.61 Å². The molecule has 0 rings (SSSR count). The highest BCUT2D eigenvalue weighted by Gasteiger charge is 2.27. The van der Waals surface area contributed by atoms with Crippen molar-refractivity contribution in [1.82, 2.24) is 4.90 Å². The lowest BCUT2D eigenvalue weighted by Gasteiger charge is -2.24. The first-order valence-corrected chi connectivity index (χ1v) is 6.40. The van der Waals surface area contributed by atoms with Crippen molar-refractivity contribution in [2.24, 2.45) is 11.7 Å². The van der Waals surface area contributed by atoms with Crippen molar-refractivity contribution in [1.29, 1.82) is 5.41 Å². The maximum atomic E-state index is 11.9. The predicted octanol–water partition coefficient (Wildman–Crippen LogP) is 2.24. The fraction of sp³-hybridized carbons (Fsp3) is 0.917. The summed E-state index contributed by atoms with van der Waals surface area (Å²) in [7, 11) is 0. The van der Waals surface area contributed by atoms with Gasteiger partial charge in [-0.05, 0) is 12.3 Å². The van der Waals surface area contributed by atoms with E-state index in [1.165, 1.54) is 0 Å². The van der Waals surface area contributed by atoms with Crippen LogP contribution < -0.4 is 5.73 Å². The minimum absolute atomic E-state index is 0.0914.